The molecule has 0 spiro atoms. The van der Waals surface area contributed by atoms with Crippen LogP contribution < -0.4 is 0 Å². The zero-order valence-corrected chi connectivity index (χ0v) is 12.0. The molecule has 1 aromatic carbocycles. The van der Waals surface area contributed by atoms with Crippen LogP contribution in [0, 0.1) is 0 Å². The second-order valence-electron chi connectivity index (χ2n) is 4.31. The molecule has 0 bridgehead atoms. The number of rotatable bonds is 7. The Morgan fingerprint density at radius 1 is 1.19 bits per heavy atom. The molecule has 1 aromatic rings. The van der Waals surface area contributed by atoms with E-state index in [4.69, 9.17) is 4.74 Å². The summed E-state index contributed by atoms with van der Waals surface area (Å²) in [4.78, 5) is 24.9. The molecule has 7 nitrogen and oxygen atoms in total. The van der Waals surface area contributed by atoms with Crippen molar-refractivity contribution < 1.29 is 29.3 Å². The van der Waals surface area contributed by atoms with E-state index in [0.717, 1.165) is 0 Å². The van der Waals surface area contributed by atoms with Gasteiger partial charge in [0.1, 0.15) is 11.5 Å². The van der Waals surface area contributed by atoms with Crippen molar-refractivity contribution in [1.29, 1.82) is 0 Å². The first-order chi connectivity index (χ1) is 9.99. The van der Waals surface area contributed by atoms with Crippen molar-refractivity contribution in [3.63, 3.8) is 0 Å². The number of amides is 1. The van der Waals surface area contributed by atoms with Crippen LogP contribution in [0.4, 0.5) is 0 Å². The number of methoxy groups -OCH3 is 2. The summed E-state index contributed by atoms with van der Waals surface area (Å²) in [5.74, 6) is -1.30. The third kappa shape index (κ3) is 4.96. The third-order valence-electron chi connectivity index (χ3n) is 2.88. The molecule has 0 heterocycles. The fourth-order valence-electron chi connectivity index (χ4n) is 1.71. The van der Waals surface area contributed by atoms with Gasteiger partial charge in [-0.15, -0.1) is 0 Å². The molecule has 0 aliphatic heterocycles. The second-order valence-corrected chi connectivity index (χ2v) is 4.31. The van der Waals surface area contributed by atoms with Crippen molar-refractivity contribution >= 4 is 11.9 Å². The van der Waals surface area contributed by atoms with Gasteiger partial charge in [-0.05, 0) is 18.2 Å². The van der Waals surface area contributed by atoms with Crippen LogP contribution in [0.15, 0.2) is 18.2 Å². The predicted molar refractivity (Wildman–Crippen MR) is 74.2 cm³/mol. The van der Waals surface area contributed by atoms with Gasteiger partial charge in [0.25, 0.3) is 5.91 Å². The van der Waals surface area contributed by atoms with Gasteiger partial charge in [0.15, 0.2) is 0 Å². The van der Waals surface area contributed by atoms with Crippen LogP contribution in [0.2, 0.25) is 0 Å². The minimum Gasteiger partial charge on any atom is -0.508 e. The van der Waals surface area contributed by atoms with Crippen LogP contribution >= 0.6 is 0 Å². The smallest absolute Gasteiger partial charge is 0.307 e. The van der Waals surface area contributed by atoms with E-state index in [-0.39, 0.29) is 43.2 Å². The van der Waals surface area contributed by atoms with Crippen molar-refractivity contribution in [2.24, 2.45) is 0 Å². The summed E-state index contributed by atoms with van der Waals surface area (Å²) in [5, 5.41) is 19.1. The molecule has 1 rings (SSSR count). The maximum Gasteiger partial charge on any atom is 0.307 e. The molecule has 7 heteroatoms. The number of hydrogen-bond donors (Lipinski definition) is 2. The number of esters is 1. The summed E-state index contributed by atoms with van der Waals surface area (Å²) in [6.45, 7) is 0.665. The Bertz CT molecular complexity index is 502. The van der Waals surface area contributed by atoms with Gasteiger partial charge in [0.05, 0.1) is 25.7 Å². The summed E-state index contributed by atoms with van der Waals surface area (Å²) >= 11 is 0. The highest BCUT2D eigenvalue weighted by Gasteiger charge is 2.20. The number of phenolic OH excluding ortho intramolecular Hbond substituents is 2. The Balaban J connectivity index is 2.87. The van der Waals surface area contributed by atoms with Crippen molar-refractivity contribution in [3.05, 3.63) is 23.8 Å². The van der Waals surface area contributed by atoms with E-state index >= 15 is 0 Å². The van der Waals surface area contributed by atoms with E-state index in [9.17, 15) is 19.8 Å². The highest BCUT2D eigenvalue weighted by atomic mass is 16.5. The van der Waals surface area contributed by atoms with Gasteiger partial charge in [0.2, 0.25) is 0 Å². The summed E-state index contributed by atoms with van der Waals surface area (Å²) in [5.41, 5.74) is -0.0315. The van der Waals surface area contributed by atoms with Crippen molar-refractivity contribution in [2.75, 3.05) is 33.9 Å². The van der Waals surface area contributed by atoms with Gasteiger partial charge in [-0.25, -0.2) is 0 Å². The lowest BCUT2D eigenvalue weighted by Crippen LogP contribution is -2.35. The number of hydrogen-bond acceptors (Lipinski definition) is 6. The number of carbonyl (C=O) groups is 2. The molecule has 0 radical (unpaired) electrons. The lowest BCUT2D eigenvalue weighted by Gasteiger charge is -2.22. The van der Waals surface area contributed by atoms with Crippen LogP contribution in [-0.4, -0.2) is 60.9 Å². The first kappa shape index (κ1) is 16.8. The molecule has 0 aliphatic carbocycles. The molecule has 0 atom stereocenters. The largest absolute Gasteiger partial charge is 0.508 e. The van der Waals surface area contributed by atoms with Gasteiger partial charge in [-0.2, -0.15) is 0 Å². The lowest BCUT2D eigenvalue weighted by molar-refractivity contribution is -0.140. The fraction of sp³-hybridized carbons (Fsp3) is 0.429. The van der Waals surface area contributed by atoms with E-state index in [0.29, 0.717) is 0 Å². The van der Waals surface area contributed by atoms with E-state index in [2.05, 4.69) is 4.74 Å². The summed E-state index contributed by atoms with van der Waals surface area (Å²) < 4.78 is 9.46. The number of aromatic hydroxyl groups is 2. The Morgan fingerprint density at radius 3 is 2.52 bits per heavy atom. The first-order valence-electron chi connectivity index (χ1n) is 6.36. The van der Waals surface area contributed by atoms with Crippen LogP contribution in [0.3, 0.4) is 0 Å². The molecule has 0 aromatic heterocycles. The molecule has 1 amide bonds. The highest BCUT2D eigenvalue weighted by Crippen LogP contribution is 2.23. The van der Waals surface area contributed by atoms with Crippen LogP contribution in [0.1, 0.15) is 16.8 Å². The second kappa shape index (κ2) is 8.11. The normalized spacial score (nSPS) is 10.2. The topological polar surface area (TPSA) is 96.3 Å². The molecule has 116 valence electrons. The molecule has 0 fully saturated rings. The molecule has 0 saturated heterocycles. The zero-order valence-electron chi connectivity index (χ0n) is 12.0. The average Bonchev–Trinajstić information content (AvgIpc) is 2.48. The number of carbonyl (C=O) groups excluding carboxylic acids is 2. The van der Waals surface area contributed by atoms with Crippen molar-refractivity contribution in [3.8, 4) is 11.5 Å². The average molecular weight is 297 g/mol. The van der Waals surface area contributed by atoms with Crippen LogP contribution in [-0.2, 0) is 14.3 Å². The number of ether oxygens (including phenoxy) is 2. The van der Waals surface area contributed by atoms with E-state index in [1.165, 1.54) is 37.3 Å². The fourth-order valence-corrected chi connectivity index (χ4v) is 1.71. The molecule has 21 heavy (non-hydrogen) atoms. The third-order valence-corrected chi connectivity index (χ3v) is 2.88. The van der Waals surface area contributed by atoms with Gasteiger partial charge in [-0.1, -0.05) is 0 Å². The van der Waals surface area contributed by atoms with Gasteiger partial charge >= 0.3 is 5.97 Å². The minimum atomic E-state index is -0.496. The van der Waals surface area contributed by atoms with Crippen molar-refractivity contribution in [2.45, 2.75) is 6.42 Å². The van der Waals surface area contributed by atoms with Crippen LogP contribution in [0.25, 0.3) is 0 Å². The van der Waals surface area contributed by atoms with Crippen LogP contribution in [0.5, 0.6) is 11.5 Å². The minimum absolute atomic E-state index is 0.0315. The van der Waals surface area contributed by atoms with E-state index in [1.807, 2.05) is 0 Å². The Hall–Kier alpha value is -2.28. The molecule has 0 unspecified atom stereocenters. The molecular weight excluding hydrogens is 278 g/mol. The monoisotopic (exact) mass is 297 g/mol. The Labute approximate surface area is 122 Å². The molecule has 0 saturated carbocycles. The zero-order chi connectivity index (χ0) is 15.8. The summed E-state index contributed by atoms with van der Waals surface area (Å²) in [7, 11) is 2.76. The van der Waals surface area contributed by atoms with E-state index in [1.54, 1.807) is 0 Å². The first-order valence-corrected chi connectivity index (χ1v) is 6.36. The molecule has 2 N–H and O–H groups in total. The lowest BCUT2D eigenvalue weighted by atomic mass is 10.1. The van der Waals surface area contributed by atoms with Gasteiger partial charge in [0, 0.05) is 20.2 Å². The highest BCUT2D eigenvalue weighted by molar-refractivity contribution is 5.97. The predicted octanol–water partition coefficient (Wildman–Crippen LogP) is 0.749. The number of nitrogens with zero attached hydrogens (tertiary/aromatic N) is 1. The van der Waals surface area contributed by atoms with Crippen molar-refractivity contribution in [1.82, 2.24) is 4.90 Å². The Morgan fingerprint density at radius 2 is 1.90 bits per heavy atom. The van der Waals surface area contributed by atoms with Gasteiger partial charge in [-0.3, -0.25) is 9.59 Å². The molecule has 0 aliphatic rings. The Kier molecular flexibility index (Phi) is 6.48. The standard InChI is InChI=1S/C14H19NO6/c1-20-8-7-15(6-5-13(18)21-2)14(19)11-9-10(16)3-4-12(11)17/h3-4,9,16-17H,5-8H2,1-2H3. The van der Waals surface area contributed by atoms with Gasteiger partial charge < -0.3 is 24.6 Å². The van der Waals surface area contributed by atoms with E-state index < -0.39 is 11.9 Å². The maximum atomic E-state index is 12.4. The summed E-state index contributed by atoms with van der Waals surface area (Å²) in [6, 6.07) is 3.69. The molecular formula is C14H19NO6. The number of benzene rings is 1. The number of phenols is 2. The SMILES string of the molecule is COCCN(CCC(=O)OC)C(=O)c1cc(O)ccc1O. The quantitative estimate of drug-likeness (QED) is 0.569. The maximum absolute atomic E-state index is 12.4. The summed E-state index contributed by atoms with van der Waals surface area (Å²) in [6.07, 6.45) is 0.0333.